The highest BCUT2D eigenvalue weighted by Crippen LogP contribution is 2.23. The molecule has 0 aromatic heterocycles. The third kappa shape index (κ3) is 6.57. The number of para-hydroxylation sites is 1. The molecule has 6 nitrogen and oxygen atoms in total. The number of carbonyl (C=O) groups is 1. The molecule has 172 valence electrons. The first kappa shape index (κ1) is 22.8. The van der Waals surface area contributed by atoms with E-state index in [0.717, 1.165) is 48.9 Å². The molecule has 3 aromatic carbocycles. The Balaban J connectivity index is 1.18. The molecule has 0 unspecified atom stereocenters. The molecule has 0 saturated carbocycles. The summed E-state index contributed by atoms with van der Waals surface area (Å²) < 4.78 is 11.6. The van der Waals surface area contributed by atoms with Gasteiger partial charge in [-0.25, -0.2) is 0 Å². The van der Waals surface area contributed by atoms with E-state index < -0.39 is 6.10 Å². The average Bonchev–Trinajstić information content (AvgIpc) is 2.85. The van der Waals surface area contributed by atoms with Gasteiger partial charge in [0.25, 0.3) is 0 Å². The average molecular weight is 447 g/mol. The maximum Gasteiger partial charge on any atom is 0.159 e. The summed E-state index contributed by atoms with van der Waals surface area (Å²) in [5, 5.41) is 10.4. The lowest BCUT2D eigenvalue weighted by atomic mass is 10.1. The number of aliphatic hydroxyl groups is 1. The van der Waals surface area contributed by atoms with Gasteiger partial charge in [0.2, 0.25) is 0 Å². The van der Waals surface area contributed by atoms with E-state index in [-0.39, 0.29) is 12.4 Å². The molecular weight excluding hydrogens is 416 g/mol. The van der Waals surface area contributed by atoms with Crippen molar-refractivity contribution in [3.05, 3.63) is 84.4 Å². The molecule has 0 bridgehead atoms. The highest BCUT2D eigenvalue weighted by Gasteiger charge is 2.20. The first-order valence-electron chi connectivity index (χ1n) is 11.3. The van der Waals surface area contributed by atoms with Gasteiger partial charge in [0.15, 0.2) is 5.78 Å². The number of hydrogen-bond acceptors (Lipinski definition) is 6. The topological polar surface area (TPSA) is 62.2 Å². The lowest BCUT2D eigenvalue weighted by Crippen LogP contribution is -2.49. The Morgan fingerprint density at radius 1 is 0.848 bits per heavy atom. The molecule has 4 rings (SSSR count). The molecule has 0 amide bonds. The Labute approximate surface area is 195 Å². The van der Waals surface area contributed by atoms with Crippen LogP contribution in [0.25, 0.3) is 0 Å². The molecule has 1 saturated heterocycles. The second kappa shape index (κ2) is 11.0. The minimum atomic E-state index is -0.563. The van der Waals surface area contributed by atoms with Crippen molar-refractivity contribution in [2.45, 2.75) is 13.0 Å². The van der Waals surface area contributed by atoms with Crippen LogP contribution in [0.1, 0.15) is 17.3 Å². The number of piperazine rings is 1. The van der Waals surface area contributed by atoms with Gasteiger partial charge in [-0.1, -0.05) is 18.2 Å². The highest BCUT2D eigenvalue weighted by atomic mass is 16.5. The SMILES string of the molecule is CC(=O)c1ccc(N2CCN(C[C@H](O)COc3ccc(Oc4ccccc4)cc3)CC2)cc1. The monoisotopic (exact) mass is 446 g/mol. The summed E-state index contributed by atoms with van der Waals surface area (Å²) in [6.07, 6.45) is -0.563. The van der Waals surface area contributed by atoms with E-state index in [1.54, 1.807) is 6.92 Å². The van der Waals surface area contributed by atoms with E-state index in [2.05, 4.69) is 9.80 Å². The van der Waals surface area contributed by atoms with Gasteiger partial charge in [0.1, 0.15) is 30.0 Å². The van der Waals surface area contributed by atoms with Crippen molar-refractivity contribution in [2.24, 2.45) is 0 Å². The summed E-state index contributed by atoms with van der Waals surface area (Å²) in [5.41, 5.74) is 1.86. The molecule has 3 aromatic rings. The van der Waals surface area contributed by atoms with Crippen molar-refractivity contribution in [3.63, 3.8) is 0 Å². The summed E-state index contributed by atoms with van der Waals surface area (Å²) in [4.78, 5) is 16.0. The van der Waals surface area contributed by atoms with Crippen LogP contribution in [-0.2, 0) is 0 Å². The van der Waals surface area contributed by atoms with Crippen molar-refractivity contribution in [2.75, 3.05) is 44.2 Å². The second-order valence-electron chi connectivity index (χ2n) is 8.24. The number of β-amino-alcohol motifs (C(OH)–C–C–N with tert-alkyl or cyclic N) is 1. The normalized spacial score (nSPS) is 15.2. The van der Waals surface area contributed by atoms with E-state index >= 15 is 0 Å². The van der Waals surface area contributed by atoms with Gasteiger partial charge in [-0.15, -0.1) is 0 Å². The first-order valence-corrected chi connectivity index (χ1v) is 11.3. The molecule has 1 aliphatic heterocycles. The van der Waals surface area contributed by atoms with Crippen molar-refractivity contribution in [1.82, 2.24) is 4.90 Å². The Hall–Kier alpha value is -3.35. The zero-order valence-corrected chi connectivity index (χ0v) is 18.9. The second-order valence-corrected chi connectivity index (χ2v) is 8.24. The third-order valence-corrected chi connectivity index (χ3v) is 5.73. The molecule has 6 heteroatoms. The molecule has 1 aliphatic rings. The highest BCUT2D eigenvalue weighted by molar-refractivity contribution is 5.94. The number of ether oxygens (including phenoxy) is 2. The van der Waals surface area contributed by atoms with E-state index in [1.807, 2.05) is 78.9 Å². The number of Topliss-reactive ketones (excluding diaryl/α,β-unsaturated/α-hetero) is 1. The molecule has 1 heterocycles. The van der Waals surface area contributed by atoms with Gasteiger partial charge >= 0.3 is 0 Å². The van der Waals surface area contributed by atoms with Crippen LogP contribution in [0, 0.1) is 0 Å². The molecule has 1 fully saturated rings. The molecule has 33 heavy (non-hydrogen) atoms. The lowest BCUT2D eigenvalue weighted by Gasteiger charge is -2.36. The fourth-order valence-electron chi connectivity index (χ4n) is 3.87. The van der Waals surface area contributed by atoms with Crippen LogP contribution in [0.2, 0.25) is 0 Å². The number of ketones is 1. The van der Waals surface area contributed by atoms with Crippen molar-refractivity contribution in [3.8, 4) is 17.2 Å². The molecule has 0 spiro atoms. The standard InChI is InChI=1S/C27H30N2O4/c1-21(30)22-7-9-23(10-8-22)29-17-15-28(16-18-29)19-24(31)20-32-25-11-13-27(14-12-25)33-26-5-3-2-4-6-26/h2-14,24,31H,15-20H2,1H3/t24-/m0/s1. The van der Waals surface area contributed by atoms with Crippen LogP contribution in [0.4, 0.5) is 5.69 Å². The van der Waals surface area contributed by atoms with E-state index in [1.165, 1.54) is 0 Å². The van der Waals surface area contributed by atoms with Gasteiger partial charge in [-0.05, 0) is 67.6 Å². The Morgan fingerprint density at radius 2 is 1.45 bits per heavy atom. The van der Waals surface area contributed by atoms with Gasteiger partial charge in [0.05, 0.1) is 0 Å². The smallest absolute Gasteiger partial charge is 0.159 e. The molecule has 1 N–H and O–H groups in total. The van der Waals surface area contributed by atoms with Crippen LogP contribution < -0.4 is 14.4 Å². The van der Waals surface area contributed by atoms with Crippen LogP contribution in [-0.4, -0.2) is 61.2 Å². The maximum atomic E-state index is 11.4. The van der Waals surface area contributed by atoms with Gasteiger partial charge in [-0.3, -0.25) is 9.69 Å². The van der Waals surface area contributed by atoms with Crippen LogP contribution in [0.15, 0.2) is 78.9 Å². The van der Waals surface area contributed by atoms with Gasteiger partial charge in [0, 0.05) is 44.0 Å². The number of anilines is 1. The van der Waals surface area contributed by atoms with Crippen molar-refractivity contribution in [1.29, 1.82) is 0 Å². The van der Waals surface area contributed by atoms with Gasteiger partial charge < -0.3 is 19.5 Å². The molecule has 1 atom stereocenters. The number of carbonyl (C=O) groups excluding carboxylic acids is 1. The summed E-state index contributed by atoms with van der Waals surface area (Å²) in [6, 6.07) is 24.8. The lowest BCUT2D eigenvalue weighted by molar-refractivity contribution is 0.0663. The Bertz CT molecular complexity index is 1010. The minimum Gasteiger partial charge on any atom is -0.491 e. The van der Waals surface area contributed by atoms with Crippen molar-refractivity contribution < 1.29 is 19.4 Å². The number of rotatable bonds is 9. The Kier molecular flexibility index (Phi) is 7.60. The number of aliphatic hydroxyl groups excluding tert-OH is 1. The predicted molar refractivity (Wildman–Crippen MR) is 130 cm³/mol. The predicted octanol–water partition coefficient (Wildman–Crippen LogP) is 4.24. The first-order chi connectivity index (χ1) is 16.1. The quantitative estimate of drug-likeness (QED) is 0.496. The van der Waals surface area contributed by atoms with Crippen LogP contribution >= 0.6 is 0 Å². The maximum absolute atomic E-state index is 11.4. The number of nitrogens with zero attached hydrogens (tertiary/aromatic N) is 2. The molecule has 0 radical (unpaired) electrons. The van der Waals surface area contributed by atoms with Gasteiger partial charge in [-0.2, -0.15) is 0 Å². The van der Waals surface area contributed by atoms with Crippen molar-refractivity contribution >= 4 is 11.5 Å². The van der Waals surface area contributed by atoms with Crippen LogP contribution in [0.3, 0.4) is 0 Å². The minimum absolute atomic E-state index is 0.0824. The van der Waals surface area contributed by atoms with E-state index in [9.17, 15) is 9.90 Å². The zero-order valence-electron chi connectivity index (χ0n) is 18.9. The number of hydrogen-bond donors (Lipinski definition) is 1. The third-order valence-electron chi connectivity index (χ3n) is 5.73. The van der Waals surface area contributed by atoms with Crippen LogP contribution in [0.5, 0.6) is 17.2 Å². The molecular formula is C27H30N2O4. The fourth-order valence-corrected chi connectivity index (χ4v) is 3.87. The molecule has 0 aliphatic carbocycles. The summed E-state index contributed by atoms with van der Waals surface area (Å²) >= 11 is 0. The van der Waals surface area contributed by atoms with E-state index in [0.29, 0.717) is 12.3 Å². The summed E-state index contributed by atoms with van der Waals surface area (Å²) in [7, 11) is 0. The Morgan fingerprint density at radius 3 is 2.09 bits per heavy atom. The largest absolute Gasteiger partial charge is 0.491 e. The van der Waals surface area contributed by atoms with E-state index in [4.69, 9.17) is 9.47 Å². The summed E-state index contributed by atoms with van der Waals surface area (Å²) in [6.45, 7) is 5.91. The zero-order chi connectivity index (χ0) is 23.0. The fraction of sp³-hybridized carbons (Fsp3) is 0.296. The summed E-state index contributed by atoms with van der Waals surface area (Å²) in [5.74, 6) is 2.31. The number of benzene rings is 3.